The number of ether oxygens (including phenoxy) is 5. The van der Waals surface area contributed by atoms with Gasteiger partial charge in [0.2, 0.25) is 11.5 Å². The van der Waals surface area contributed by atoms with E-state index in [0.29, 0.717) is 45.4 Å². The summed E-state index contributed by atoms with van der Waals surface area (Å²) in [6.45, 7) is 0.0605. The number of carbonyl (C=O) groups is 1. The van der Waals surface area contributed by atoms with E-state index in [1.807, 2.05) is 0 Å². The van der Waals surface area contributed by atoms with Gasteiger partial charge in [0.15, 0.2) is 17.3 Å². The van der Waals surface area contributed by atoms with E-state index in [2.05, 4.69) is 0 Å². The number of hydrogen-bond donors (Lipinski definition) is 0. The van der Waals surface area contributed by atoms with Crippen LogP contribution in [0, 0.1) is 5.82 Å². The minimum Gasteiger partial charge on any atom is -0.493 e. The number of allylic oxidation sites excluding steroid dienone is 1. The summed E-state index contributed by atoms with van der Waals surface area (Å²) in [5, 5.41) is 0. The van der Waals surface area contributed by atoms with Crippen LogP contribution in [0.3, 0.4) is 0 Å². The summed E-state index contributed by atoms with van der Waals surface area (Å²) >= 11 is 0. The molecule has 3 aromatic rings. The highest BCUT2D eigenvalue weighted by Crippen LogP contribution is 2.42. The quantitative estimate of drug-likeness (QED) is 0.483. The number of rotatable bonds is 7. The lowest BCUT2D eigenvalue weighted by Gasteiger charge is -2.14. The number of hydrogen-bond acceptors (Lipinski definition) is 6. The Morgan fingerprint density at radius 1 is 0.938 bits per heavy atom. The van der Waals surface area contributed by atoms with Crippen LogP contribution in [0.2, 0.25) is 0 Å². The van der Waals surface area contributed by atoms with E-state index < -0.39 is 0 Å². The molecule has 0 radical (unpaired) electrons. The normalized spacial score (nSPS) is 13.5. The van der Waals surface area contributed by atoms with Crippen LogP contribution in [0.15, 0.2) is 60.4 Å². The van der Waals surface area contributed by atoms with Crippen molar-refractivity contribution in [1.29, 1.82) is 0 Å². The van der Waals surface area contributed by atoms with Crippen LogP contribution in [-0.4, -0.2) is 27.1 Å². The molecule has 0 unspecified atom stereocenters. The fourth-order valence-electron chi connectivity index (χ4n) is 3.41. The minimum atomic E-state index is -0.339. The second-order valence-electron chi connectivity index (χ2n) is 6.90. The number of methoxy groups -OCH3 is 3. The molecule has 1 aliphatic heterocycles. The molecule has 0 saturated carbocycles. The summed E-state index contributed by atoms with van der Waals surface area (Å²) in [5.74, 6) is 1.70. The van der Waals surface area contributed by atoms with Gasteiger partial charge in [-0.25, -0.2) is 4.39 Å². The van der Waals surface area contributed by atoms with Gasteiger partial charge in [0.25, 0.3) is 0 Å². The van der Waals surface area contributed by atoms with Crippen molar-refractivity contribution < 1.29 is 32.9 Å². The van der Waals surface area contributed by atoms with E-state index in [9.17, 15) is 9.18 Å². The van der Waals surface area contributed by atoms with Crippen molar-refractivity contribution in [1.82, 2.24) is 0 Å². The van der Waals surface area contributed by atoms with E-state index >= 15 is 0 Å². The second kappa shape index (κ2) is 9.01. The van der Waals surface area contributed by atoms with Crippen molar-refractivity contribution in [2.45, 2.75) is 6.61 Å². The fourth-order valence-corrected chi connectivity index (χ4v) is 3.41. The van der Waals surface area contributed by atoms with Crippen molar-refractivity contribution in [3.63, 3.8) is 0 Å². The predicted octanol–water partition coefficient (Wildman–Crippen LogP) is 5.05. The number of halogens is 1. The predicted molar refractivity (Wildman–Crippen MR) is 116 cm³/mol. The molecule has 1 heterocycles. The highest BCUT2D eigenvalue weighted by molar-refractivity contribution is 6.14. The minimum absolute atomic E-state index is 0.0605. The Bertz CT molecular complexity index is 1200. The number of Topliss-reactive ketones (excluding diaryl/α,β-unsaturated/α-hetero) is 1. The summed E-state index contributed by atoms with van der Waals surface area (Å²) in [5.41, 5.74) is 1.44. The molecule has 32 heavy (non-hydrogen) atoms. The third kappa shape index (κ3) is 3.97. The molecule has 0 aromatic heterocycles. The molecular formula is C25H21FO6. The summed E-state index contributed by atoms with van der Waals surface area (Å²) in [6.07, 6.45) is 1.59. The average molecular weight is 436 g/mol. The first-order valence-electron chi connectivity index (χ1n) is 9.79. The van der Waals surface area contributed by atoms with Crippen molar-refractivity contribution in [2.75, 3.05) is 21.3 Å². The molecule has 0 atom stereocenters. The SMILES string of the molecule is COc1ccc(/C=C2\Oc3cc(OCc4ccccc4F)ccc3C2=O)c(OC)c1OC. The number of benzene rings is 3. The maximum Gasteiger partial charge on any atom is 0.231 e. The van der Waals surface area contributed by atoms with Crippen molar-refractivity contribution in [3.8, 4) is 28.7 Å². The van der Waals surface area contributed by atoms with Crippen molar-refractivity contribution in [2.24, 2.45) is 0 Å². The Morgan fingerprint density at radius 3 is 2.44 bits per heavy atom. The van der Waals surface area contributed by atoms with Crippen LogP contribution in [0.1, 0.15) is 21.5 Å². The van der Waals surface area contributed by atoms with Crippen LogP contribution >= 0.6 is 0 Å². The molecule has 0 amide bonds. The molecule has 164 valence electrons. The summed E-state index contributed by atoms with van der Waals surface area (Å²) in [7, 11) is 4.54. The molecule has 0 N–H and O–H groups in total. The summed E-state index contributed by atoms with van der Waals surface area (Å²) in [4.78, 5) is 12.8. The highest BCUT2D eigenvalue weighted by Gasteiger charge is 2.28. The Balaban J connectivity index is 1.58. The van der Waals surface area contributed by atoms with Gasteiger partial charge < -0.3 is 23.7 Å². The topological polar surface area (TPSA) is 63.2 Å². The van der Waals surface area contributed by atoms with Crippen LogP contribution in [0.25, 0.3) is 6.08 Å². The van der Waals surface area contributed by atoms with Crippen LogP contribution in [0.4, 0.5) is 4.39 Å². The van der Waals surface area contributed by atoms with E-state index in [1.165, 1.54) is 27.4 Å². The monoisotopic (exact) mass is 436 g/mol. The van der Waals surface area contributed by atoms with E-state index in [4.69, 9.17) is 23.7 Å². The zero-order chi connectivity index (χ0) is 22.7. The molecule has 3 aromatic carbocycles. The molecule has 6 nitrogen and oxygen atoms in total. The van der Waals surface area contributed by atoms with Gasteiger partial charge in [0.05, 0.1) is 26.9 Å². The zero-order valence-corrected chi connectivity index (χ0v) is 17.8. The van der Waals surface area contributed by atoms with Gasteiger partial charge in [-0.05, 0) is 36.4 Å². The average Bonchev–Trinajstić information content (AvgIpc) is 3.12. The fraction of sp³-hybridized carbons (Fsp3) is 0.160. The van der Waals surface area contributed by atoms with Crippen molar-refractivity contribution in [3.05, 3.63) is 82.9 Å². The third-order valence-corrected chi connectivity index (χ3v) is 5.01. The first-order chi connectivity index (χ1) is 15.5. The molecular weight excluding hydrogens is 415 g/mol. The third-order valence-electron chi connectivity index (χ3n) is 5.01. The number of ketones is 1. The Hall–Kier alpha value is -4.00. The summed E-state index contributed by atoms with van der Waals surface area (Å²) < 4.78 is 41.4. The molecule has 0 bridgehead atoms. The first kappa shape index (κ1) is 21.2. The van der Waals surface area contributed by atoms with Gasteiger partial charge in [0.1, 0.15) is 23.9 Å². The van der Waals surface area contributed by atoms with Gasteiger partial charge in [-0.2, -0.15) is 0 Å². The number of fused-ring (bicyclic) bond motifs is 1. The lowest BCUT2D eigenvalue weighted by Crippen LogP contribution is -2.00. The van der Waals surface area contributed by atoms with Gasteiger partial charge in [0, 0.05) is 17.2 Å². The Kier molecular flexibility index (Phi) is 5.98. The van der Waals surface area contributed by atoms with Crippen LogP contribution in [0.5, 0.6) is 28.7 Å². The molecule has 7 heteroatoms. The maximum atomic E-state index is 13.8. The lowest BCUT2D eigenvalue weighted by molar-refractivity contribution is 0.101. The standard InChI is InChI=1S/C25H21FO6/c1-28-20-11-8-15(24(29-2)25(20)30-3)12-22-23(27)18-10-9-17(13-21(18)32-22)31-14-16-6-4-5-7-19(16)26/h4-13H,14H2,1-3H3/b22-12-. The maximum absolute atomic E-state index is 13.8. The molecule has 1 aliphatic rings. The highest BCUT2D eigenvalue weighted by atomic mass is 19.1. The molecule has 0 saturated heterocycles. The van der Waals surface area contributed by atoms with E-state index in [0.717, 1.165) is 0 Å². The molecule has 4 rings (SSSR count). The largest absolute Gasteiger partial charge is 0.493 e. The molecule has 0 aliphatic carbocycles. The Morgan fingerprint density at radius 2 is 1.72 bits per heavy atom. The second-order valence-corrected chi connectivity index (χ2v) is 6.90. The Labute approximate surface area is 184 Å². The van der Waals surface area contributed by atoms with Crippen LogP contribution in [-0.2, 0) is 6.61 Å². The van der Waals surface area contributed by atoms with E-state index in [-0.39, 0.29) is 24.0 Å². The molecule has 0 spiro atoms. The van der Waals surface area contributed by atoms with Gasteiger partial charge in [-0.3, -0.25) is 4.79 Å². The van der Waals surface area contributed by atoms with Crippen molar-refractivity contribution >= 4 is 11.9 Å². The smallest absolute Gasteiger partial charge is 0.231 e. The number of carbonyl (C=O) groups excluding carboxylic acids is 1. The van der Waals surface area contributed by atoms with Gasteiger partial charge >= 0.3 is 0 Å². The summed E-state index contributed by atoms with van der Waals surface area (Å²) in [6, 6.07) is 14.7. The lowest BCUT2D eigenvalue weighted by atomic mass is 10.1. The molecule has 0 fully saturated rings. The van der Waals surface area contributed by atoms with E-state index in [1.54, 1.807) is 54.6 Å². The van der Waals surface area contributed by atoms with Gasteiger partial charge in [-0.1, -0.05) is 18.2 Å². The van der Waals surface area contributed by atoms with Crippen LogP contribution < -0.4 is 23.7 Å². The van der Waals surface area contributed by atoms with Gasteiger partial charge in [-0.15, -0.1) is 0 Å². The first-order valence-corrected chi connectivity index (χ1v) is 9.79. The zero-order valence-electron chi connectivity index (χ0n) is 17.8.